The second-order valence-electron chi connectivity index (χ2n) is 20.2. The Labute approximate surface area is 439 Å². The summed E-state index contributed by atoms with van der Waals surface area (Å²) in [4.78, 5) is 2.57. The lowest BCUT2D eigenvalue weighted by atomic mass is 9.68. The maximum Gasteiger partial charge on any atom is 0.0726 e. The van der Waals surface area contributed by atoms with Crippen LogP contribution in [0.1, 0.15) is 44.5 Å². The van der Waals surface area contributed by atoms with Crippen LogP contribution in [0.25, 0.3) is 66.8 Å². The molecule has 3 aliphatic rings. The Bertz CT molecular complexity index is 4070. The van der Waals surface area contributed by atoms with Crippen LogP contribution in [0.4, 0.5) is 17.1 Å². The Kier molecular flexibility index (Phi) is 9.77. The number of benzene rings is 12. The molecule has 0 N–H and O–H groups in total. The summed E-state index contributed by atoms with van der Waals surface area (Å²) in [6, 6.07) is 111. The van der Waals surface area contributed by atoms with Crippen molar-refractivity contribution >= 4 is 17.1 Å². The van der Waals surface area contributed by atoms with Crippen molar-refractivity contribution in [3.8, 4) is 66.8 Å². The highest BCUT2D eigenvalue weighted by Gasteiger charge is 2.52. The Morgan fingerprint density at radius 2 is 0.587 bits per heavy atom. The molecule has 1 spiro atoms. The molecule has 0 saturated heterocycles. The molecule has 0 amide bonds. The summed E-state index contributed by atoms with van der Waals surface area (Å²) in [6.07, 6.45) is 0. The third-order valence-corrected chi connectivity index (χ3v) is 16.6. The van der Waals surface area contributed by atoms with E-state index in [-0.39, 0.29) is 0 Å². The van der Waals surface area contributed by atoms with E-state index < -0.39 is 10.8 Å². The molecule has 0 saturated carbocycles. The molecule has 15 rings (SSSR count). The van der Waals surface area contributed by atoms with E-state index in [1.165, 1.54) is 106 Å². The molecule has 0 heterocycles. The number of fused-ring (bicyclic) bond motifs is 13. The van der Waals surface area contributed by atoms with Gasteiger partial charge in [-0.25, -0.2) is 0 Å². The molecule has 0 fully saturated rings. The van der Waals surface area contributed by atoms with Gasteiger partial charge in [-0.15, -0.1) is 0 Å². The van der Waals surface area contributed by atoms with E-state index in [9.17, 15) is 0 Å². The van der Waals surface area contributed by atoms with E-state index >= 15 is 0 Å². The molecule has 350 valence electrons. The Morgan fingerprint density at radius 1 is 0.213 bits per heavy atom. The van der Waals surface area contributed by atoms with Gasteiger partial charge < -0.3 is 4.90 Å². The molecule has 0 bridgehead atoms. The number of rotatable bonds is 8. The highest BCUT2D eigenvalue weighted by molar-refractivity contribution is 6.03. The largest absolute Gasteiger partial charge is 0.310 e. The van der Waals surface area contributed by atoms with E-state index in [1.807, 2.05) is 0 Å². The number of hydrogen-bond acceptors (Lipinski definition) is 1. The van der Waals surface area contributed by atoms with Crippen LogP contribution in [-0.4, -0.2) is 0 Å². The summed E-state index contributed by atoms with van der Waals surface area (Å²) in [5.74, 6) is 0. The fourth-order valence-electron chi connectivity index (χ4n) is 13.7. The maximum absolute atomic E-state index is 2.57. The summed E-state index contributed by atoms with van der Waals surface area (Å²) in [6.45, 7) is 0. The van der Waals surface area contributed by atoms with Gasteiger partial charge in [-0.3, -0.25) is 0 Å². The van der Waals surface area contributed by atoms with Gasteiger partial charge in [0.15, 0.2) is 0 Å². The molecule has 0 unspecified atom stereocenters. The predicted octanol–water partition coefficient (Wildman–Crippen LogP) is 18.9. The topological polar surface area (TPSA) is 3.24 Å². The number of anilines is 3. The van der Waals surface area contributed by atoms with Gasteiger partial charge in [0.25, 0.3) is 0 Å². The van der Waals surface area contributed by atoms with E-state index in [2.05, 4.69) is 302 Å². The zero-order chi connectivity index (χ0) is 49.5. The smallest absolute Gasteiger partial charge is 0.0726 e. The molecular weight excluding hydrogens is 903 g/mol. The van der Waals surface area contributed by atoms with E-state index in [0.717, 1.165) is 22.6 Å². The normalized spacial score (nSPS) is 13.5. The maximum atomic E-state index is 2.57. The highest BCUT2D eigenvalue weighted by atomic mass is 15.1. The lowest BCUT2D eigenvalue weighted by Crippen LogP contribution is -2.28. The van der Waals surface area contributed by atoms with E-state index in [1.54, 1.807) is 0 Å². The van der Waals surface area contributed by atoms with E-state index in [4.69, 9.17) is 0 Å². The molecular formula is C74H49N. The minimum atomic E-state index is -0.528. The van der Waals surface area contributed by atoms with Crippen LogP contribution in [0.5, 0.6) is 0 Å². The van der Waals surface area contributed by atoms with Gasteiger partial charge in [0.2, 0.25) is 0 Å². The van der Waals surface area contributed by atoms with Crippen LogP contribution in [0.2, 0.25) is 0 Å². The van der Waals surface area contributed by atoms with Gasteiger partial charge in [0.1, 0.15) is 0 Å². The first-order chi connectivity index (χ1) is 37.2. The minimum absolute atomic E-state index is 0.517. The van der Waals surface area contributed by atoms with Gasteiger partial charge in [-0.1, -0.05) is 267 Å². The zero-order valence-electron chi connectivity index (χ0n) is 41.2. The van der Waals surface area contributed by atoms with Gasteiger partial charge in [-0.2, -0.15) is 0 Å². The lowest BCUT2D eigenvalue weighted by molar-refractivity contribution is 0.768. The Morgan fingerprint density at radius 3 is 1.13 bits per heavy atom. The second kappa shape index (κ2) is 17.0. The van der Waals surface area contributed by atoms with E-state index in [0.29, 0.717) is 0 Å². The summed E-state index contributed by atoms with van der Waals surface area (Å²) < 4.78 is 0. The van der Waals surface area contributed by atoms with Crippen LogP contribution < -0.4 is 4.90 Å². The fourth-order valence-corrected chi connectivity index (χ4v) is 13.7. The molecule has 0 radical (unpaired) electrons. The molecule has 0 aliphatic heterocycles. The lowest BCUT2D eigenvalue weighted by Gasteiger charge is -2.35. The van der Waals surface area contributed by atoms with Crippen molar-refractivity contribution in [3.05, 3.63) is 342 Å². The van der Waals surface area contributed by atoms with Gasteiger partial charge in [0.05, 0.1) is 16.5 Å². The summed E-state index contributed by atoms with van der Waals surface area (Å²) in [7, 11) is 0. The van der Waals surface area contributed by atoms with Crippen LogP contribution in [0.15, 0.2) is 297 Å². The van der Waals surface area contributed by atoms with Crippen molar-refractivity contribution < 1.29 is 0 Å². The molecule has 0 atom stereocenters. The van der Waals surface area contributed by atoms with Crippen LogP contribution >= 0.6 is 0 Å². The Hall–Kier alpha value is -9.56. The molecule has 1 nitrogen and oxygen atoms in total. The Balaban J connectivity index is 1.05. The molecule has 12 aromatic carbocycles. The monoisotopic (exact) mass is 951 g/mol. The van der Waals surface area contributed by atoms with Gasteiger partial charge >= 0.3 is 0 Å². The first-order valence-corrected chi connectivity index (χ1v) is 26.2. The highest BCUT2D eigenvalue weighted by Crippen LogP contribution is 2.64. The molecule has 3 aliphatic carbocycles. The molecule has 1 heteroatoms. The van der Waals surface area contributed by atoms with Crippen LogP contribution in [-0.2, 0) is 10.8 Å². The average molecular weight is 952 g/mol. The molecule has 0 aromatic heterocycles. The third-order valence-electron chi connectivity index (χ3n) is 16.6. The summed E-state index contributed by atoms with van der Waals surface area (Å²) in [5.41, 5.74) is 27.3. The van der Waals surface area contributed by atoms with Crippen molar-refractivity contribution in [2.24, 2.45) is 0 Å². The number of hydrogen-bond donors (Lipinski definition) is 0. The summed E-state index contributed by atoms with van der Waals surface area (Å²) in [5, 5.41) is 0. The zero-order valence-corrected chi connectivity index (χ0v) is 41.2. The van der Waals surface area contributed by atoms with Crippen molar-refractivity contribution in [3.63, 3.8) is 0 Å². The van der Waals surface area contributed by atoms with Crippen molar-refractivity contribution in [2.45, 2.75) is 10.8 Å². The van der Waals surface area contributed by atoms with Gasteiger partial charge in [0, 0.05) is 16.9 Å². The molecule has 75 heavy (non-hydrogen) atoms. The van der Waals surface area contributed by atoms with Gasteiger partial charge in [-0.05, 0) is 136 Å². The first-order valence-electron chi connectivity index (χ1n) is 26.2. The van der Waals surface area contributed by atoms with Crippen molar-refractivity contribution in [1.29, 1.82) is 0 Å². The van der Waals surface area contributed by atoms with Crippen molar-refractivity contribution in [1.82, 2.24) is 0 Å². The SMILES string of the molecule is c1ccc(-c2ccccc2-c2c(-c3ccccc3)cccc2N(c2ccc3c(c2)-c2ccccc2C3(c2ccccc2)c2ccccc2)c2ccc3c(c2)C2(c4ccccc4-c4ccccc42)c2ccccc2-3)cc1. The quantitative estimate of drug-likeness (QED) is 0.147. The third kappa shape index (κ3) is 6.19. The fraction of sp³-hybridized carbons (Fsp3) is 0.0270. The average Bonchev–Trinajstić information content (AvgIpc) is 4.11. The van der Waals surface area contributed by atoms with Crippen LogP contribution in [0.3, 0.4) is 0 Å². The van der Waals surface area contributed by atoms with Crippen molar-refractivity contribution in [2.75, 3.05) is 4.90 Å². The number of nitrogens with zero attached hydrogens (tertiary/aromatic N) is 1. The standard InChI is InChI=1S/C74H49N/c1-5-24-50(25-6-1)56-32-13-14-37-63(56)72-57(51-26-7-2-8-27-51)38-23-43-71(72)75(54-45-47-69-64(48-54)61-36-18-19-39-65(61)73(69,52-28-9-3-10-29-52)53-30-11-4-12-31-53)55-44-46-62-60-35-17-22-42-68(60)74(70(62)49-55)66-40-20-15-33-58(66)59-34-16-21-41-67(59)74/h1-49H. The predicted molar refractivity (Wildman–Crippen MR) is 311 cm³/mol. The minimum Gasteiger partial charge on any atom is -0.310 e. The van der Waals surface area contributed by atoms with Crippen LogP contribution in [0, 0.1) is 0 Å². The second-order valence-corrected chi connectivity index (χ2v) is 20.2. The first kappa shape index (κ1) is 43.1. The summed E-state index contributed by atoms with van der Waals surface area (Å²) >= 11 is 0. The molecule has 12 aromatic rings.